The van der Waals surface area contributed by atoms with E-state index < -0.39 is 35.4 Å². The predicted octanol–water partition coefficient (Wildman–Crippen LogP) is 4.54. The van der Waals surface area contributed by atoms with Crippen LogP contribution in [0, 0.1) is 0 Å². The average molecular weight is 372 g/mol. The second kappa shape index (κ2) is 7.57. The minimum Gasteiger partial charge on any atom is -0.449 e. The van der Waals surface area contributed by atoms with Crippen molar-refractivity contribution in [2.75, 3.05) is 5.32 Å². The van der Waals surface area contributed by atoms with E-state index in [1.807, 2.05) is 0 Å². The number of alkyl halides is 3. The van der Waals surface area contributed by atoms with Crippen LogP contribution in [0.15, 0.2) is 48.5 Å². The molecule has 0 aliphatic carbocycles. The highest BCUT2D eigenvalue weighted by Crippen LogP contribution is 2.34. The Labute approximate surface area is 146 Å². The van der Waals surface area contributed by atoms with Crippen LogP contribution in [0.1, 0.15) is 22.8 Å². The van der Waals surface area contributed by atoms with Crippen LogP contribution in [0.2, 0.25) is 5.02 Å². The molecule has 1 amide bonds. The molecule has 0 aliphatic heterocycles. The maximum atomic E-state index is 12.9. The van der Waals surface area contributed by atoms with Crippen molar-refractivity contribution >= 4 is 29.2 Å². The minimum absolute atomic E-state index is 0.128. The zero-order valence-electron chi connectivity index (χ0n) is 12.9. The van der Waals surface area contributed by atoms with Gasteiger partial charge in [0.1, 0.15) is 0 Å². The first-order valence-electron chi connectivity index (χ1n) is 7.12. The number of amides is 1. The maximum Gasteiger partial charge on any atom is 0.418 e. The summed E-state index contributed by atoms with van der Waals surface area (Å²) in [7, 11) is 0. The molecule has 0 saturated carbocycles. The van der Waals surface area contributed by atoms with Gasteiger partial charge >= 0.3 is 12.1 Å². The van der Waals surface area contributed by atoms with E-state index in [1.165, 1.54) is 37.3 Å². The molecule has 1 atom stereocenters. The Bertz CT molecular complexity index is 793. The number of esters is 1. The van der Waals surface area contributed by atoms with Gasteiger partial charge in [-0.05, 0) is 37.3 Å². The number of hydrogen-bond donors (Lipinski definition) is 1. The van der Waals surface area contributed by atoms with Crippen LogP contribution in [0.4, 0.5) is 18.9 Å². The van der Waals surface area contributed by atoms with Gasteiger partial charge in [-0.15, -0.1) is 0 Å². The van der Waals surface area contributed by atoms with Gasteiger partial charge in [-0.25, -0.2) is 4.79 Å². The van der Waals surface area contributed by atoms with Crippen LogP contribution < -0.4 is 5.32 Å². The number of carbonyl (C=O) groups is 2. The lowest BCUT2D eigenvalue weighted by molar-refractivity contribution is -0.137. The monoisotopic (exact) mass is 371 g/mol. The number of rotatable bonds is 4. The third-order valence-corrected chi connectivity index (χ3v) is 3.44. The van der Waals surface area contributed by atoms with E-state index in [0.29, 0.717) is 5.02 Å². The molecule has 1 unspecified atom stereocenters. The van der Waals surface area contributed by atoms with Crippen LogP contribution in [0.5, 0.6) is 0 Å². The Balaban J connectivity index is 2.08. The summed E-state index contributed by atoms with van der Waals surface area (Å²) < 4.78 is 43.7. The third kappa shape index (κ3) is 4.96. The molecule has 0 bridgehead atoms. The van der Waals surface area contributed by atoms with Gasteiger partial charge in [-0.3, -0.25) is 4.79 Å². The van der Waals surface area contributed by atoms with E-state index in [1.54, 1.807) is 6.07 Å². The highest BCUT2D eigenvalue weighted by molar-refractivity contribution is 6.30. The molecule has 2 aromatic rings. The quantitative estimate of drug-likeness (QED) is 0.803. The zero-order chi connectivity index (χ0) is 18.6. The molecule has 132 valence electrons. The third-order valence-electron chi connectivity index (χ3n) is 3.20. The summed E-state index contributed by atoms with van der Waals surface area (Å²) in [4.78, 5) is 24.0. The fraction of sp³-hybridized carbons (Fsp3) is 0.176. The van der Waals surface area contributed by atoms with Crippen LogP contribution >= 0.6 is 11.6 Å². The normalized spacial score (nSPS) is 12.4. The highest BCUT2D eigenvalue weighted by atomic mass is 35.5. The van der Waals surface area contributed by atoms with Gasteiger partial charge in [-0.1, -0.05) is 29.8 Å². The first kappa shape index (κ1) is 18.8. The first-order valence-corrected chi connectivity index (χ1v) is 7.50. The van der Waals surface area contributed by atoms with Gasteiger partial charge in [0.25, 0.3) is 5.91 Å². The maximum absolute atomic E-state index is 12.9. The largest absolute Gasteiger partial charge is 0.449 e. The number of para-hydroxylation sites is 1. The summed E-state index contributed by atoms with van der Waals surface area (Å²) in [5, 5.41) is 2.43. The first-order chi connectivity index (χ1) is 11.7. The second-order valence-electron chi connectivity index (χ2n) is 5.09. The van der Waals surface area contributed by atoms with Crippen LogP contribution in [-0.4, -0.2) is 18.0 Å². The van der Waals surface area contributed by atoms with Crippen molar-refractivity contribution in [3.63, 3.8) is 0 Å². The van der Waals surface area contributed by atoms with Gasteiger partial charge in [0, 0.05) is 5.02 Å². The van der Waals surface area contributed by atoms with E-state index in [0.717, 1.165) is 12.1 Å². The molecule has 0 aromatic heterocycles. The van der Waals surface area contributed by atoms with Crippen molar-refractivity contribution in [3.05, 3.63) is 64.7 Å². The number of hydrogen-bond acceptors (Lipinski definition) is 3. The summed E-state index contributed by atoms with van der Waals surface area (Å²) in [6, 6.07) is 10.4. The number of halogens is 4. The molecule has 0 heterocycles. The SMILES string of the molecule is CC(OC(=O)c1cccc(Cl)c1)C(=O)Nc1ccccc1C(F)(F)F. The standard InChI is InChI=1S/C17H13ClF3NO3/c1-10(25-16(24)11-5-4-6-12(18)9-11)15(23)22-14-8-3-2-7-13(14)17(19,20)21/h2-10H,1H3,(H,22,23). The van der Waals surface area contributed by atoms with E-state index in [9.17, 15) is 22.8 Å². The van der Waals surface area contributed by atoms with E-state index >= 15 is 0 Å². The second-order valence-corrected chi connectivity index (χ2v) is 5.53. The molecular weight excluding hydrogens is 359 g/mol. The Morgan fingerprint density at radius 1 is 1.12 bits per heavy atom. The molecular formula is C17H13ClF3NO3. The lowest BCUT2D eigenvalue weighted by Crippen LogP contribution is -2.30. The molecule has 4 nitrogen and oxygen atoms in total. The minimum atomic E-state index is -4.62. The molecule has 25 heavy (non-hydrogen) atoms. The molecule has 0 radical (unpaired) electrons. The summed E-state index contributed by atoms with van der Waals surface area (Å²) in [5.41, 5.74) is -1.27. The van der Waals surface area contributed by atoms with Gasteiger partial charge in [0.05, 0.1) is 16.8 Å². The topological polar surface area (TPSA) is 55.4 Å². The van der Waals surface area contributed by atoms with Gasteiger partial charge in [0.15, 0.2) is 6.10 Å². The van der Waals surface area contributed by atoms with Crippen molar-refractivity contribution in [1.82, 2.24) is 0 Å². The Kier molecular flexibility index (Phi) is 5.69. The molecule has 2 rings (SSSR count). The summed E-state index contributed by atoms with van der Waals surface area (Å²) in [6.07, 6.45) is -5.92. The molecule has 0 saturated heterocycles. The molecule has 0 spiro atoms. The average Bonchev–Trinajstić information content (AvgIpc) is 2.54. The number of anilines is 1. The number of nitrogens with one attached hydrogen (secondary N) is 1. The summed E-state index contributed by atoms with van der Waals surface area (Å²) in [5.74, 6) is -1.69. The highest BCUT2D eigenvalue weighted by Gasteiger charge is 2.34. The Hall–Kier alpha value is -2.54. The smallest absolute Gasteiger partial charge is 0.418 e. The molecule has 0 aliphatic rings. The number of benzene rings is 2. The Morgan fingerprint density at radius 3 is 2.44 bits per heavy atom. The van der Waals surface area contributed by atoms with Crippen molar-refractivity contribution in [2.24, 2.45) is 0 Å². The van der Waals surface area contributed by atoms with Crippen molar-refractivity contribution in [2.45, 2.75) is 19.2 Å². The van der Waals surface area contributed by atoms with E-state index in [4.69, 9.17) is 16.3 Å². The van der Waals surface area contributed by atoms with E-state index in [2.05, 4.69) is 5.32 Å². The van der Waals surface area contributed by atoms with Gasteiger partial charge in [-0.2, -0.15) is 13.2 Å². The summed E-state index contributed by atoms with van der Waals surface area (Å²) >= 11 is 5.76. The number of carbonyl (C=O) groups excluding carboxylic acids is 2. The van der Waals surface area contributed by atoms with Gasteiger partial charge in [0.2, 0.25) is 0 Å². The van der Waals surface area contributed by atoms with Crippen molar-refractivity contribution in [3.8, 4) is 0 Å². The van der Waals surface area contributed by atoms with Gasteiger partial charge < -0.3 is 10.1 Å². The lowest BCUT2D eigenvalue weighted by Gasteiger charge is -2.16. The van der Waals surface area contributed by atoms with E-state index in [-0.39, 0.29) is 5.56 Å². The molecule has 2 aromatic carbocycles. The number of ether oxygens (including phenoxy) is 1. The zero-order valence-corrected chi connectivity index (χ0v) is 13.7. The lowest BCUT2D eigenvalue weighted by atomic mass is 10.1. The van der Waals surface area contributed by atoms with Crippen LogP contribution in [0.3, 0.4) is 0 Å². The fourth-order valence-corrected chi connectivity index (χ4v) is 2.16. The van der Waals surface area contributed by atoms with Crippen molar-refractivity contribution in [1.29, 1.82) is 0 Å². The Morgan fingerprint density at radius 2 is 1.80 bits per heavy atom. The van der Waals surface area contributed by atoms with Crippen LogP contribution in [0.25, 0.3) is 0 Å². The molecule has 8 heteroatoms. The predicted molar refractivity (Wildman–Crippen MR) is 86.4 cm³/mol. The van der Waals surface area contributed by atoms with Crippen molar-refractivity contribution < 1.29 is 27.5 Å². The molecule has 1 N–H and O–H groups in total. The van der Waals surface area contributed by atoms with Crippen LogP contribution in [-0.2, 0) is 15.7 Å². The molecule has 0 fully saturated rings. The fourth-order valence-electron chi connectivity index (χ4n) is 1.97. The summed E-state index contributed by atoms with van der Waals surface area (Å²) in [6.45, 7) is 1.26.